The van der Waals surface area contributed by atoms with E-state index in [2.05, 4.69) is 10.3 Å². The first-order valence-corrected chi connectivity index (χ1v) is 6.47. The molecule has 0 fully saturated rings. The molecule has 1 aliphatic heterocycles. The summed E-state index contributed by atoms with van der Waals surface area (Å²) in [5.41, 5.74) is 1.13. The van der Waals surface area contributed by atoms with E-state index in [9.17, 15) is 4.79 Å². The van der Waals surface area contributed by atoms with Crippen LogP contribution in [-0.2, 0) is 4.79 Å². The second kappa shape index (κ2) is 5.27. The average Bonchev–Trinajstić information content (AvgIpc) is 2.70. The van der Waals surface area contributed by atoms with Gasteiger partial charge in [0.1, 0.15) is 6.54 Å². The van der Waals surface area contributed by atoms with Gasteiger partial charge in [-0.05, 0) is 24.2 Å². The zero-order valence-electron chi connectivity index (χ0n) is 14.1. The summed E-state index contributed by atoms with van der Waals surface area (Å²) in [4.78, 5) is 16.0. The van der Waals surface area contributed by atoms with Crippen LogP contribution in [0, 0.1) is 0 Å². The Morgan fingerprint density at radius 2 is 2.00 bits per heavy atom. The van der Waals surface area contributed by atoms with Crippen LogP contribution in [0.25, 0.3) is 0 Å². The lowest BCUT2D eigenvalue weighted by molar-refractivity contribution is -0.114. The summed E-state index contributed by atoms with van der Waals surface area (Å²) in [7, 11) is 0. The van der Waals surface area contributed by atoms with Gasteiger partial charge in [0.25, 0.3) is 0 Å². The molecule has 0 saturated heterocycles. The normalized spacial score (nSPS) is 16.9. The first kappa shape index (κ1) is 9.16. The minimum Gasteiger partial charge on any atom is -0.324 e. The maximum atomic E-state index is 11.8. The Hall–Kier alpha value is -1.84. The Balaban J connectivity index is 2.35. The van der Waals surface area contributed by atoms with Crippen molar-refractivity contribution in [1.29, 1.82) is 0 Å². The topological polar surface area (TPSA) is 41.5 Å². The zero-order chi connectivity index (χ0) is 17.6. The van der Waals surface area contributed by atoms with Gasteiger partial charge in [-0.1, -0.05) is 41.3 Å². The summed E-state index contributed by atoms with van der Waals surface area (Å²) in [5, 5.41) is 2.93. The lowest BCUT2D eigenvalue weighted by Gasteiger charge is -2.11. The van der Waals surface area contributed by atoms with E-state index in [1.807, 2.05) is 0 Å². The monoisotopic (exact) mass is 308 g/mol. The highest BCUT2D eigenvalue weighted by Gasteiger charge is 2.19. The Morgan fingerprint density at radius 1 is 1.20 bits per heavy atom. The molecule has 1 aliphatic rings. The molecule has 3 rings (SSSR count). The van der Waals surface area contributed by atoms with Crippen LogP contribution in [0.1, 0.15) is 16.6 Å². The predicted molar refractivity (Wildman–Crippen MR) is 82.0 cm³/mol. The van der Waals surface area contributed by atoms with Crippen molar-refractivity contribution < 1.29 is 10.3 Å². The maximum absolute atomic E-state index is 11.8. The number of hydrogen-bond donors (Lipinski definition) is 1. The Kier molecular flexibility index (Phi) is 2.41. The van der Waals surface area contributed by atoms with Crippen LogP contribution in [0.3, 0.4) is 0 Å². The van der Waals surface area contributed by atoms with E-state index in [4.69, 9.17) is 28.7 Å². The van der Waals surface area contributed by atoms with E-state index < -0.39 is 12.1 Å². The number of carbonyl (C=O) groups is 1. The highest BCUT2D eigenvalue weighted by molar-refractivity contribution is 6.36. The smallest absolute Gasteiger partial charge is 0.246 e. The van der Waals surface area contributed by atoms with Gasteiger partial charge in [0.05, 0.1) is 16.9 Å². The molecule has 0 aliphatic carbocycles. The molecule has 0 bridgehead atoms. The number of aliphatic imine (C=N–C) groups is 1. The summed E-state index contributed by atoms with van der Waals surface area (Å²) in [5.74, 6) is -0.342. The molecule has 2 aromatic rings. The third-order valence-corrected chi connectivity index (χ3v) is 3.29. The third kappa shape index (κ3) is 2.42. The van der Waals surface area contributed by atoms with Gasteiger partial charge in [0.15, 0.2) is 0 Å². The van der Waals surface area contributed by atoms with Crippen LogP contribution >= 0.6 is 23.2 Å². The molecule has 0 spiro atoms. The van der Waals surface area contributed by atoms with Crippen LogP contribution in [-0.4, -0.2) is 18.2 Å². The minimum absolute atomic E-state index is 0.0442. The van der Waals surface area contributed by atoms with Crippen molar-refractivity contribution in [2.75, 3.05) is 11.9 Å². The molecule has 100 valence electrons. The van der Waals surface area contributed by atoms with Crippen molar-refractivity contribution in [2.24, 2.45) is 4.99 Å². The number of carbonyl (C=O) groups excluding carboxylic acids is 1. The van der Waals surface area contributed by atoms with Gasteiger partial charge in [-0.3, -0.25) is 9.79 Å². The van der Waals surface area contributed by atoms with Gasteiger partial charge in [0, 0.05) is 21.2 Å². The highest BCUT2D eigenvalue weighted by atomic mass is 35.5. The van der Waals surface area contributed by atoms with Crippen LogP contribution in [0.2, 0.25) is 10.0 Å². The standard InChI is InChI=1S/C15H10Cl2N2O/c16-9-5-6-13-11(7-9)15(18-8-14(20)19-13)10-3-1-2-4-12(10)17/h1-7H,8H2,(H,19,20)/i1D,2D,3D,4D. The number of nitrogens with one attached hydrogen (secondary N) is 1. The van der Waals surface area contributed by atoms with Gasteiger partial charge in [-0.2, -0.15) is 0 Å². The van der Waals surface area contributed by atoms with Crippen molar-refractivity contribution in [1.82, 2.24) is 0 Å². The Labute approximate surface area is 131 Å². The summed E-state index contributed by atoms with van der Waals surface area (Å²) >= 11 is 12.2. The van der Waals surface area contributed by atoms with Gasteiger partial charge in [0.2, 0.25) is 5.91 Å². The first-order chi connectivity index (χ1) is 11.3. The summed E-state index contributed by atoms with van der Waals surface area (Å²) in [6, 6.07) is 3.25. The predicted octanol–water partition coefficient (Wildman–Crippen LogP) is 3.78. The molecule has 3 nitrogen and oxygen atoms in total. The summed E-state index contributed by atoms with van der Waals surface area (Å²) in [6.45, 7) is -0.194. The van der Waals surface area contributed by atoms with Crippen LogP contribution in [0.15, 0.2) is 47.4 Å². The fourth-order valence-corrected chi connectivity index (χ4v) is 2.28. The van der Waals surface area contributed by atoms with Gasteiger partial charge < -0.3 is 5.32 Å². The van der Waals surface area contributed by atoms with E-state index in [0.29, 0.717) is 16.3 Å². The van der Waals surface area contributed by atoms with E-state index in [0.717, 1.165) is 0 Å². The molecule has 0 saturated carbocycles. The largest absolute Gasteiger partial charge is 0.324 e. The maximum Gasteiger partial charge on any atom is 0.246 e. The highest BCUT2D eigenvalue weighted by Crippen LogP contribution is 2.28. The van der Waals surface area contributed by atoms with Crippen LogP contribution in [0.4, 0.5) is 5.69 Å². The van der Waals surface area contributed by atoms with Gasteiger partial charge >= 0.3 is 0 Å². The van der Waals surface area contributed by atoms with Gasteiger partial charge in [-0.15, -0.1) is 0 Å². The number of hydrogen-bond acceptors (Lipinski definition) is 2. The molecule has 1 amide bonds. The summed E-state index contributed by atoms with van der Waals surface area (Å²) in [6.07, 6.45) is 0. The van der Waals surface area contributed by atoms with Crippen molar-refractivity contribution >= 4 is 40.5 Å². The molecule has 0 aromatic heterocycles. The fraction of sp³-hybridized carbons (Fsp3) is 0.0667. The number of benzodiazepines with no additional fused rings is 1. The summed E-state index contributed by atoms with van der Waals surface area (Å²) < 4.78 is 31.5. The van der Waals surface area contributed by atoms with Crippen molar-refractivity contribution in [3.63, 3.8) is 0 Å². The lowest BCUT2D eigenvalue weighted by Crippen LogP contribution is -2.13. The van der Waals surface area contributed by atoms with Crippen LogP contribution in [0.5, 0.6) is 0 Å². The number of amides is 1. The average molecular weight is 309 g/mol. The molecule has 0 unspecified atom stereocenters. The van der Waals surface area contributed by atoms with Crippen molar-refractivity contribution in [3.05, 3.63) is 63.5 Å². The molecule has 1 heterocycles. The van der Waals surface area contributed by atoms with Crippen molar-refractivity contribution in [2.45, 2.75) is 0 Å². The Morgan fingerprint density at radius 3 is 2.85 bits per heavy atom. The molecule has 1 N–H and O–H groups in total. The van der Waals surface area contributed by atoms with Crippen LogP contribution < -0.4 is 5.32 Å². The first-order valence-electron chi connectivity index (χ1n) is 7.71. The number of fused-ring (bicyclic) bond motifs is 1. The molecular formula is C15H10Cl2N2O. The minimum atomic E-state index is -0.427. The van der Waals surface area contributed by atoms with E-state index in [1.54, 1.807) is 18.2 Å². The second-order valence-corrected chi connectivity index (χ2v) is 4.91. The number of anilines is 1. The van der Waals surface area contributed by atoms with E-state index >= 15 is 0 Å². The quantitative estimate of drug-likeness (QED) is 0.855. The number of halogens is 2. The molecule has 0 radical (unpaired) electrons. The third-order valence-electron chi connectivity index (χ3n) is 2.77. The van der Waals surface area contributed by atoms with E-state index in [1.165, 1.54) is 0 Å². The molecular weight excluding hydrogens is 295 g/mol. The molecule has 0 atom stereocenters. The fourth-order valence-electron chi connectivity index (χ4n) is 1.92. The zero-order valence-corrected chi connectivity index (χ0v) is 11.6. The number of rotatable bonds is 1. The second-order valence-electron chi connectivity index (χ2n) is 4.09. The SMILES string of the molecule is [2H]c1c([2H])c([2H])c(C2=NCC(=O)Nc3ccc(Cl)cc32)c(Cl)c1[2H]. The molecule has 5 heteroatoms. The number of nitrogens with zero attached hydrogens (tertiary/aromatic N) is 1. The molecule has 20 heavy (non-hydrogen) atoms. The van der Waals surface area contributed by atoms with Crippen molar-refractivity contribution in [3.8, 4) is 0 Å². The Bertz CT molecular complexity index is 886. The van der Waals surface area contributed by atoms with E-state index in [-0.39, 0.29) is 40.8 Å². The lowest BCUT2D eigenvalue weighted by atomic mass is 10.0. The number of benzene rings is 2. The molecule has 2 aromatic carbocycles. The van der Waals surface area contributed by atoms with Gasteiger partial charge in [-0.25, -0.2) is 0 Å².